The molecule has 2 aromatic rings. The molecule has 0 atom stereocenters. The minimum absolute atomic E-state index is 0.186. The first-order chi connectivity index (χ1) is 9.92. The number of aliphatic imine (C=N–C) groups is 1. The van der Waals surface area contributed by atoms with E-state index in [-0.39, 0.29) is 11.7 Å². The zero-order chi connectivity index (χ0) is 15.3. The van der Waals surface area contributed by atoms with Gasteiger partial charge in [0.1, 0.15) is 5.75 Å². The van der Waals surface area contributed by atoms with Crippen LogP contribution >= 0.6 is 11.3 Å². The molecule has 3 N–H and O–H groups in total. The fourth-order valence-electron chi connectivity index (χ4n) is 1.49. The first-order valence-corrected chi connectivity index (χ1v) is 6.80. The summed E-state index contributed by atoms with van der Waals surface area (Å²) in [5.41, 5.74) is 7.26. The fraction of sp³-hybridized carbons (Fsp3) is 0.154. The molecule has 112 valence electrons. The number of hydrogen-bond donors (Lipinski definition) is 2. The summed E-state index contributed by atoms with van der Waals surface area (Å²) in [4.78, 5) is 4.12. The third kappa shape index (κ3) is 5.35. The smallest absolute Gasteiger partial charge is 0.406 e. The number of guanidine groups is 1. The van der Waals surface area contributed by atoms with Crippen LogP contribution in [0.3, 0.4) is 0 Å². The van der Waals surface area contributed by atoms with Crippen molar-refractivity contribution in [2.24, 2.45) is 10.7 Å². The van der Waals surface area contributed by atoms with Gasteiger partial charge in [-0.05, 0) is 46.7 Å². The number of hydrogen-bond acceptors (Lipinski definition) is 3. The van der Waals surface area contributed by atoms with E-state index in [2.05, 4.69) is 15.0 Å². The summed E-state index contributed by atoms with van der Waals surface area (Å²) in [7, 11) is 0. The van der Waals surface area contributed by atoms with Crippen molar-refractivity contribution in [3.8, 4) is 5.75 Å². The normalized spacial score (nSPS) is 12.2. The molecule has 0 bridgehead atoms. The molecule has 0 fully saturated rings. The number of benzene rings is 1. The van der Waals surface area contributed by atoms with Crippen LogP contribution in [-0.2, 0) is 6.54 Å². The second-order valence-corrected chi connectivity index (χ2v) is 4.81. The Morgan fingerprint density at radius 1 is 1.24 bits per heavy atom. The molecule has 1 heterocycles. The molecule has 4 nitrogen and oxygen atoms in total. The van der Waals surface area contributed by atoms with Gasteiger partial charge in [0.2, 0.25) is 0 Å². The van der Waals surface area contributed by atoms with Crippen LogP contribution in [0.2, 0.25) is 0 Å². The molecular formula is C13H12F3N3OS. The van der Waals surface area contributed by atoms with Crippen molar-refractivity contribution < 1.29 is 17.9 Å². The first kappa shape index (κ1) is 15.2. The number of ether oxygens (including phenoxy) is 1. The van der Waals surface area contributed by atoms with Gasteiger partial charge in [-0.3, -0.25) is 0 Å². The zero-order valence-corrected chi connectivity index (χ0v) is 11.5. The van der Waals surface area contributed by atoms with Gasteiger partial charge in [-0.1, -0.05) is 0 Å². The highest BCUT2D eigenvalue weighted by molar-refractivity contribution is 7.07. The largest absolute Gasteiger partial charge is 0.573 e. The topological polar surface area (TPSA) is 59.6 Å². The van der Waals surface area contributed by atoms with E-state index in [0.717, 1.165) is 5.56 Å². The molecule has 0 spiro atoms. The Labute approximate surface area is 123 Å². The van der Waals surface area contributed by atoms with Crippen molar-refractivity contribution in [3.05, 3.63) is 46.7 Å². The summed E-state index contributed by atoms with van der Waals surface area (Å²) in [6, 6.07) is 7.18. The molecule has 0 aliphatic heterocycles. The minimum atomic E-state index is -4.70. The van der Waals surface area contributed by atoms with Crippen molar-refractivity contribution in [2.45, 2.75) is 12.9 Å². The number of rotatable bonds is 4. The number of anilines is 1. The molecule has 0 aliphatic rings. The lowest BCUT2D eigenvalue weighted by Gasteiger charge is -2.10. The average Bonchev–Trinajstić information content (AvgIpc) is 2.90. The molecule has 0 saturated heterocycles. The summed E-state index contributed by atoms with van der Waals surface area (Å²) in [5, 5.41) is 6.69. The van der Waals surface area contributed by atoms with E-state index in [1.165, 1.54) is 24.3 Å². The van der Waals surface area contributed by atoms with E-state index < -0.39 is 6.36 Å². The van der Waals surface area contributed by atoms with Crippen molar-refractivity contribution >= 4 is 23.0 Å². The highest BCUT2D eigenvalue weighted by atomic mass is 32.1. The molecule has 2 rings (SSSR count). The maximum atomic E-state index is 12.0. The number of halogens is 3. The third-order valence-corrected chi connectivity index (χ3v) is 3.10. The fourth-order valence-corrected chi connectivity index (χ4v) is 2.15. The summed E-state index contributed by atoms with van der Waals surface area (Å²) >= 11 is 1.56. The van der Waals surface area contributed by atoms with Crippen molar-refractivity contribution in [3.63, 3.8) is 0 Å². The van der Waals surface area contributed by atoms with Gasteiger partial charge in [0, 0.05) is 5.69 Å². The number of nitrogens with two attached hydrogens (primary N) is 1. The summed E-state index contributed by atoms with van der Waals surface area (Å²) in [5.74, 6) is -0.104. The maximum Gasteiger partial charge on any atom is 0.573 e. The van der Waals surface area contributed by atoms with E-state index in [0.29, 0.717) is 12.2 Å². The molecule has 0 aliphatic carbocycles. The van der Waals surface area contributed by atoms with Crippen LogP contribution in [0.25, 0.3) is 0 Å². The second-order valence-electron chi connectivity index (χ2n) is 4.03. The Morgan fingerprint density at radius 2 is 1.95 bits per heavy atom. The lowest BCUT2D eigenvalue weighted by Crippen LogP contribution is -2.22. The molecule has 21 heavy (non-hydrogen) atoms. The Balaban J connectivity index is 1.92. The SMILES string of the molecule is NC(=NCc1ccsc1)Nc1ccc(OC(F)(F)F)cc1. The Morgan fingerprint density at radius 3 is 2.52 bits per heavy atom. The van der Waals surface area contributed by atoms with Gasteiger partial charge < -0.3 is 15.8 Å². The molecule has 1 aromatic carbocycles. The summed E-state index contributed by atoms with van der Waals surface area (Å²) < 4.78 is 39.8. The average molecular weight is 315 g/mol. The highest BCUT2D eigenvalue weighted by Crippen LogP contribution is 2.23. The number of thiophene rings is 1. The van der Waals surface area contributed by atoms with E-state index in [9.17, 15) is 13.2 Å². The van der Waals surface area contributed by atoms with Crippen LogP contribution in [0.1, 0.15) is 5.56 Å². The Hall–Kier alpha value is -2.22. The standard InChI is InChI=1S/C13H12F3N3OS/c14-13(15,16)20-11-3-1-10(2-4-11)19-12(17)18-7-9-5-6-21-8-9/h1-6,8H,7H2,(H3,17,18,19). The summed E-state index contributed by atoms with van der Waals surface area (Å²) in [6.07, 6.45) is -4.70. The quantitative estimate of drug-likeness (QED) is 0.670. The molecule has 8 heteroatoms. The molecule has 0 amide bonds. The second kappa shape index (κ2) is 6.49. The van der Waals surface area contributed by atoms with E-state index in [1.807, 2.05) is 16.8 Å². The van der Waals surface area contributed by atoms with Gasteiger partial charge >= 0.3 is 6.36 Å². The lowest BCUT2D eigenvalue weighted by atomic mass is 10.3. The molecular weight excluding hydrogens is 303 g/mol. The maximum absolute atomic E-state index is 12.0. The molecule has 0 saturated carbocycles. The Kier molecular flexibility index (Phi) is 4.69. The predicted molar refractivity (Wildman–Crippen MR) is 76.4 cm³/mol. The van der Waals surface area contributed by atoms with Crippen LogP contribution in [0.4, 0.5) is 18.9 Å². The number of alkyl halides is 3. The van der Waals surface area contributed by atoms with Crippen LogP contribution < -0.4 is 15.8 Å². The highest BCUT2D eigenvalue weighted by Gasteiger charge is 2.30. The third-order valence-electron chi connectivity index (χ3n) is 2.37. The van der Waals surface area contributed by atoms with E-state index in [1.54, 1.807) is 11.3 Å². The molecule has 0 unspecified atom stereocenters. The van der Waals surface area contributed by atoms with E-state index >= 15 is 0 Å². The van der Waals surface area contributed by atoms with Crippen LogP contribution in [0.5, 0.6) is 5.75 Å². The van der Waals surface area contributed by atoms with Crippen molar-refractivity contribution in [1.29, 1.82) is 0 Å². The molecule has 0 radical (unpaired) electrons. The van der Waals surface area contributed by atoms with Gasteiger partial charge in [-0.25, -0.2) is 4.99 Å². The van der Waals surface area contributed by atoms with E-state index in [4.69, 9.17) is 5.73 Å². The lowest BCUT2D eigenvalue weighted by molar-refractivity contribution is -0.274. The van der Waals surface area contributed by atoms with Crippen molar-refractivity contribution in [2.75, 3.05) is 5.32 Å². The Bertz CT molecular complexity index is 594. The predicted octanol–water partition coefficient (Wildman–Crippen LogP) is 3.57. The van der Waals surface area contributed by atoms with Crippen LogP contribution in [-0.4, -0.2) is 12.3 Å². The summed E-state index contributed by atoms with van der Waals surface area (Å²) in [6.45, 7) is 0.442. The molecule has 1 aromatic heterocycles. The van der Waals surface area contributed by atoms with Crippen molar-refractivity contribution in [1.82, 2.24) is 0 Å². The monoisotopic (exact) mass is 315 g/mol. The van der Waals surface area contributed by atoms with Gasteiger partial charge in [-0.15, -0.1) is 13.2 Å². The number of nitrogens with zero attached hydrogens (tertiary/aromatic N) is 1. The van der Waals surface area contributed by atoms with Gasteiger partial charge in [-0.2, -0.15) is 11.3 Å². The van der Waals surface area contributed by atoms with Crippen LogP contribution in [0, 0.1) is 0 Å². The zero-order valence-electron chi connectivity index (χ0n) is 10.7. The van der Waals surface area contributed by atoms with Crippen LogP contribution in [0.15, 0.2) is 46.1 Å². The minimum Gasteiger partial charge on any atom is -0.406 e. The van der Waals surface area contributed by atoms with Gasteiger partial charge in [0.05, 0.1) is 6.54 Å². The van der Waals surface area contributed by atoms with Gasteiger partial charge in [0.15, 0.2) is 5.96 Å². The first-order valence-electron chi connectivity index (χ1n) is 5.86. The van der Waals surface area contributed by atoms with Gasteiger partial charge in [0.25, 0.3) is 0 Å². The number of nitrogens with one attached hydrogen (secondary N) is 1.